The molecule has 3 aromatic rings. The highest BCUT2D eigenvalue weighted by Gasteiger charge is 2.20. The van der Waals surface area contributed by atoms with Gasteiger partial charge in [-0.2, -0.15) is 0 Å². The number of hydrogen-bond acceptors (Lipinski definition) is 6. The molecule has 0 saturated carbocycles. The smallest absolute Gasteiger partial charge is 0.254 e. The minimum Gasteiger partial charge on any atom is -0.492 e. The summed E-state index contributed by atoms with van der Waals surface area (Å²) in [7, 11) is 0. The number of pyridine rings is 1. The van der Waals surface area contributed by atoms with Gasteiger partial charge in [0, 0.05) is 31.3 Å². The lowest BCUT2D eigenvalue weighted by Gasteiger charge is -2.27. The molecular formula is C29H30ClN3O4. The van der Waals surface area contributed by atoms with Crippen molar-refractivity contribution in [3.05, 3.63) is 82.5 Å². The summed E-state index contributed by atoms with van der Waals surface area (Å²) in [5, 5.41) is 0.491. The first-order chi connectivity index (χ1) is 17.9. The first-order valence-electron chi connectivity index (χ1n) is 12.2. The summed E-state index contributed by atoms with van der Waals surface area (Å²) in [6.07, 6.45) is 5.81. The lowest BCUT2D eigenvalue weighted by Crippen LogP contribution is -2.40. The summed E-state index contributed by atoms with van der Waals surface area (Å²) in [5.41, 5.74) is 9.90. The van der Waals surface area contributed by atoms with Crippen LogP contribution in [0.25, 0.3) is 17.2 Å². The van der Waals surface area contributed by atoms with Crippen LogP contribution in [-0.2, 0) is 9.53 Å². The molecule has 0 spiro atoms. The highest BCUT2D eigenvalue weighted by molar-refractivity contribution is 6.32. The number of ether oxygens (including phenoxy) is 2. The average molecular weight is 520 g/mol. The molecule has 1 aromatic heterocycles. The first-order valence-corrected chi connectivity index (χ1v) is 12.6. The van der Waals surface area contributed by atoms with Crippen molar-refractivity contribution in [2.45, 2.75) is 19.8 Å². The van der Waals surface area contributed by atoms with Crippen LogP contribution in [0.1, 0.15) is 34.3 Å². The van der Waals surface area contributed by atoms with Crippen molar-refractivity contribution < 1.29 is 19.1 Å². The Labute approximate surface area is 221 Å². The molecule has 0 radical (unpaired) electrons. The van der Waals surface area contributed by atoms with Crippen LogP contribution >= 0.6 is 11.6 Å². The molecule has 8 heteroatoms. The highest BCUT2D eigenvalue weighted by Crippen LogP contribution is 2.31. The first kappa shape index (κ1) is 26.4. The van der Waals surface area contributed by atoms with E-state index in [1.165, 1.54) is 6.08 Å². The Hall–Kier alpha value is -3.68. The molecule has 37 heavy (non-hydrogen) atoms. The van der Waals surface area contributed by atoms with E-state index in [2.05, 4.69) is 4.98 Å². The third kappa shape index (κ3) is 7.18. The highest BCUT2D eigenvalue weighted by atomic mass is 35.5. The number of nitrogen functional groups attached to an aromatic ring is 1. The van der Waals surface area contributed by atoms with Gasteiger partial charge in [0.05, 0.1) is 24.8 Å². The molecule has 192 valence electrons. The van der Waals surface area contributed by atoms with Gasteiger partial charge in [-0.05, 0) is 78.1 Å². The topological polar surface area (TPSA) is 94.8 Å². The number of ketones is 1. The lowest BCUT2D eigenvalue weighted by molar-refractivity contribution is -0.114. The molecule has 1 amide bonds. The fourth-order valence-corrected chi connectivity index (χ4v) is 4.27. The molecule has 0 unspecified atom stereocenters. The zero-order chi connectivity index (χ0) is 26.2. The number of carbonyl (C=O) groups is 2. The molecule has 1 aliphatic heterocycles. The number of amides is 1. The Balaban J connectivity index is 1.29. The summed E-state index contributed by atoms with van der Waals surface area (Å²) in [5.74, 6) is 1.05. The van der Waals surface area contributed by atoms with E-state index in [9.17, 15) is 9.59 Å². The van der Waals surface area contributed by atoms with Crippen LogP contribution in [0.5, 0.6) is 5.75 Å². The number of nitrogens with two attached hydrogens (primary N) is 1. The summed E-state index contributed by atoms with van der Waals surface area (Å²) in [6.45, 7) is 4.70. The third-order valence-corrected chi connectivity index (χ3v) is 6.41. The molecule has 2 aromatic carbocycles. The summed E-state index contributed by atoms with van der Waals surface area (Å²) in [6, 6.07) is 14.9. The third-order valence-electron chi connectivity index (χ3n) is 6.12. The standard InChI is InChI=1S/C29H30ClN3O4/c1-20-17-22(6-9-25(20)29(35)33-12-15-36-16-13-33)23-7-10-27(26(30)18-23)37-14-2-3-24(34)8-4-21-5-11-28(31)32-19-21/h4-11,17-19H,2-3,12-16H2,1H3,(H2,31,32)/b8-4+. The number of halogens is 1. The number of carbonyl (C=O) groups excluding carboxylic acids is 2. The maximum absolute atomic E-state index is 12.8. The van der Waals surface area contributed by atoms with E-state index in [-0.39, 0.29) is 11.7 Å². The normalized spacial score (nSPS) is 13.6. The summed E-state index contributed by atoms with van der Waals surface area (Å²) < 4.78 is 11.1. The van der Waals surface area contributed by atoms with Gasteiger partial charge in [0.25, 0.3) is 5.91 Å². The monoisotopic (exact) mass is 519 g/mol. The number of allylic oxidation sites excluding steroid dienone is 1. The van der Waals surface area contributed by atoms with Crippen molar-refractivity contribution in [1.82, 2.24) is 9.88 Å². The van der Waals surface area contributed by atoms with Crippen LogP contribution < -0.4 is 10.5 Å². The zero-order valence-electron chi connectivity index (χ0n) is 20.8. The fourth-order valence-electron chi connectivity index (χ4n) is 4.03. The van der Waals surface area contributed by atoms with Gasteiger partial charge >= 0.3 is 0 Å². The number of aromatic nitrogens is 1. The molecule has 0 bridgehead atoms. The van der Waals surface area contributed by atoms with Crippen LogP contribution in [0.15, 0.2) is 60.8 Å². The number of morpholine rings is 1. The predicted molar refractivity (Wildman–Crippen MR) is 146 cm³/mol. The molecule has 1 aliphatic rings. The molecule has 1 saturated heterocycles. The second-order valence-electron chi connectivity index (χ2n) is 8.85. The Morgan fingerprint density at radius 3 is 2.57 bits per heavy atom. The molecule has 2 N–H and O–H groups in total. The van der Waals surface area contributed by atoms with Gasteiger partial charge in [-0.15, -0.1) is 0 Å². The van der Waals surface area contributed by atoms with E-state index in [1.807, 2.05) is 54.3 Å². The molecule has 0 atom stereocenters. The van der Waals surface area contributed by atoms with Crippen molar-refractivity contribution in [2.75, 3.05) is 38.6 Å². The minimum absolute atomic E-state index is 0.00721. The van der Waals surface area contributed by atoms with Crippen LogP contribution in [0.4, 0.5) is 5.82 Å². The van der Waals surface area contributed by atoms with Crippen LogP contribution in [-0.4, -0.2) is 54.5 Å². The van der Waals surface area contributed by atoms with E-state index in [0.29, 0.717) is 67.9 Å². The van der Waals surface area contributed by atoms with Gasteiger partial charge in [0.1, 0.15) is 11.6 Å². The van der Waals surface area contributed by atoms with Crippen LogP contribution in [0.2, 0.25) is 5.02 Å². The molecule has 4 rings (SSSR count). The minimum atomic E-state index is 0.00721. The maximum atomic E-state index is 12.8. The van der Waals surface area contributed by atoms with Crippen molar-refractivity contribution >= 4 is 35.2 Å². The van der Waals surface area contributed by atoms with E-state index in [0.717, 1.165) is 22.3 Å². The Kier molecular flexibility index (Phi) is 8.93. The van der Waals surface area contributed by atoms with Crippen LogP contribution in [0.3, 0.4) is 0 Å². The van der Waals surface area contributed by atoms with E-state index < -0.39 is 0 Å². The Morgan fingerprint density at radius 2 is 1.86 bits per heavy atom. The van der Waals surface area contributed by atoms with Gasteiger partial charge in [-0.25, -0.2) is 4.98 Å². The van der Waals surface area contributed by atoms with Gasteiger partial charge in [-0.3, -0.25) is 9.59 Å². The zero-order valence-corrected chi connectivity index (χ0v) is 21.5. The number of benzene rings is 2. The number of rotatable bonds is 9. The molecule has 0 aliphatic carbocycles. The summed E-state index contributed by atoms with van der Waals surface area (Å²) in [4.78, 5) is 30.8. The van der Waals surface area contributed by atoms with Gasteiger partial charge in [0.15, 0.2) is 5.78 Å². The largest absolute Gasteiger partial charge is 0.492 e. The molecule has 2 heterocycles. The van der Waals surface area contributed by atoms with Crippen molar-refractivity contribution in [2.24, 2.45) is 0 Å². The van der Waals surface area contributed by atoms with Crippen LogP contribution in [0, 0.1) is 6.92 Å². The fraction of sp³-hybridized carbons (Fsp3) is 0.276. The maximum Gasteiger partial charge on any atom is 0.254 e. The number of aryl methyl sites for hydroxylation is 1. The Morgan fingerprint density at radius 1 is 1.11 bits per heavy atom. The van der Waals surface area contributed by atoms with Crippen molar-refractivity contribution in [3.63, 3.8) is 0 Å². The molecule has 7 nitrogen and oxygen atoms in total. The van der Waals surface area contributed by atoms with E-state index in [4.69, 9.17) is 26.8 Å². The van der Waals surface area contributed by atoms with Crippen molar-refractivity contribution in [1.29, 1.82) is 0 Å². The van der Waals surface area contributed by atoms with E-state index >= 15 is 0 Å². The quantitative estimate of drug-likeness (QED) is 0.308. The lowest BCUT2D eigenvalue weighted by atomic mass is 9.99. The second kappa shape index (κ2) is 12.5. The second-order valence-corrected chi connectivity index (χ2v) is 9.25. The van der Waals surface area contributed by atoms with Gasteiger partial charge < -0.3 is 20.1 Å². The average Bonchev–Trinajstić information content (AvgIpc) is 2.91. The van der Waals surface area contributed by atoms with E-state index in [1.54, 1.807) is 18.3 Å². The molecular weight excluding hydrogens is 490 g/mol. The predicted octanol–water partition coefficient (Wildman–Crippen LogP) is 5.21. The Bertz CT molecular complexity index is 1280. The number of hydrogen-bond donors (Lipinski definition) is 1. The van der Waals surface area contributed by atoms with Gasteiger partial charge in [-0.1, -0.05) is 29.8 Å². The number of anilines is 1. The van der Waals surface area contributed by atoms with Crippen molar-refractivity contribution in [3.8, 4) is 16.9 Å². The molecule has 1 fully saturated rings. The summed E-state index contributed by atoms with van der Waals surface area (Å²) >= 11 is 6.48. The van der Waals surface area contributed by atoms with Gasteiger partial charge in [0.2, 0.25) is 0 Å². The SMILES string of the molecule is Cc1cc(-c2ccc(OCCCC(=O)/C=C/c3ccc(N)nc3)c(Cl)c2)ccc1C(=O)N1CCOCC1. The number of nitrogens with zero attached hydrogens (tertiary/aromatic N) is 2.